The Kier molecular flexibility index (Phi) is 4.24. The summed E-state index contributed by atoms with van der Waals surface area (Å²) in [5.74, 6) is 0.00769. The molecular formula is C19H19N3O. The van der Waals surface area contributed by atoms with Crippen molar-refractivity contribution in [2.75, 3.05) is 7.05 Å². The third-order valence-electron chi connectivity index (χ3n) is 3.77. The van der Waals surface area contributed by atoms with Crippen molar-refractivity contribution < 1.29 is 4.79 Å². The lowest BCUT2D eigenvalue weighted by molar-refractivity contribution is 0.0786. The molecule has 23 heavy (non-hydrogen) atoms. The standard InChI is InChI=1S/C19H19N3O/c1-21(13-15-12-20-22(2)14-15)19(23)18-11-7-6-10-17(18)16-8-4-3-5-9-16/h3-12,14H,13H2,1-2H3. The normalized spacial score (nSPS) is 10.5. The first kappa shape index (κ1) is 15.0. The molecule has 3 aromatic rings. The number of carbonyl (C=O) groups is 1. The van der Waals surface area contributed by atoms with Gasteiger partial charge >= 0.3 is 0 Å². The molecule has 0 unspecified atom stereocenters. The summed E-state index contributed by atoms with van der Waals surface area (Å²) in [7, 11) is 3.69. The number of carbonyl (C=O) groups excluding carboxylic acids is 1. The van der Waals surface area contributed by atoms with Gasteiger partial charge in [0.2, 0.25) is 0 Å². The first-order chi connectivity index (χ1) is 11.1. The summed E-state index contributed by atoms with van der Waals surface area (Å²) in [4.78, 5) is 14.6. The maximum Gasteiger partial charge on any atom is 0.254 e. The van der Waals surface area contributed by atoms with Crippen molar-refractivity contribution in [1.82, 2.24) is 14.7 Å². The zero-order valence-electron chi connectivity index (χ0n) is 13.3. The van der Waals surface area contributed by atoms with Gasteiger partial charge in [0.05, 0.1) is 6.20 Å². The number of aromatic nitrogens is 2. The highest BCUT2D eigenvalue weighted by atomic mass is 16.2. The molecule has 0 aliphatic heterocycles. The highest BCUT2D eigenvalue weighted by Crippen LogP contribution is 2.24. The van der Waals surface area contributed by atoms with Gasteiger partial charge in [-0.2, -0.15) is 5.10 Å². The Labute approximate surface area is 136 Å². The maximum absolute atomic E-state index is 12.8. The molecule has 0 atom stereocenters. The summed E-state index contributed by atoms with van der Waals surface area (Å²) in [5.41, 5.74) is 3.73. The second kappa shape index (κ2) is 6.48. The molecule has 0 aliphatic rings. The minimum atomic E-state index is 0.00769. The topological polar surface area (TPSA) is 38.1 Å². The Morgan fingerprint density at radius 1 is 1.09 bits per heavy atom. The Bertz CT molecular complexity index is 808. The molecule has 4 heteroatoms. The number of benzene rings is 2. The zero-order valence-corrected chi connectivity index (χ0v) is 13.3. The van der Waals surface area contributed by atoms with E-state index < -0.39 is 0 Å². The van der Waals surface area contributed by atoms with Crippen molar-refractivity contribution in [3.63, 3.8) is 0 Å². The van der Waals surface area contributed by atoms with Crippen LogP contribution in [0.25, 0.3) is 11.1 Å². The summed E-state index contributed by atoms with van der Waals surface area (Å²) in [5, 5.41) is 4.15. The van der Waals surface area contributed by atoms with E-state index in [1.165, 1.54) is 0 Å². The van der Waals surface area contributed by atoms with Crippen molar-refractivity contribution in [2.45, 2.75) is 6.54 Å². The summed E-state index contributed by atoms with van der Waals surface area (Å²) in [6.07, 6.45) is 3.71. The van der Waals surface area contributed by atoms with Gasteiger partial charge in [-0.15, -0.1) is 0 Å². The minimum Gasteiger partial charge on any atom is -0.337 e. The Balaban J connectivity index is 1.88. The largest absolute Gasteiger partial charge is 0.337 e. The van der Waals surface area contributed by atoms with E-state index in [0.29, 0.717) is 12.1 Å². The van der Waals surface area contributed by atoms with Gasteiger partial charge < -0.3 is 4.90 Å². The molecule has 4 nitrogen and oxygen atoms in total. The number of aryl methyl sites for hydroxylation is 1. The molecule has 1 amide bonds. The molecule has 0 radical (unpaired) electrons. The first-order valence-corrected chi connectivity index (χ1v) is 7.52. The Morgan fingerprint density at radius 3 is 2.48 bits per heavy atom. The highest BCUT2D eigenvalue weighted by Gasteiger charge is 2.16. The molecule has 1 aromatic heterocycles. The number of hydrogen-bond acceptors (Lipinski definition) is 2. The SMILES string of the molecule is CN(Cc1cnn(C)c1)C(=O)c1ccccc1-c1ccccc1. The zero-order chi connectivity index (χ0) is 16.2. The quantitative estimate of drug-likeness (QED) is 0.741. The van der Waals surface area contributed by atoms with E-state index in [4.69, 9.17) is 0 Å². The van der Waals surface area contributed by atoms with Gasteiger partial charge in [0.25, 0.3) is 5.91 Å². The minimum absolute atomic E-state index is 0.00769. The Morgan fingerprint density at radius 2 is 1.78 bits per heavy atom. The number of hydrogen-bond donors (Lipinski definition) is 0. The lowest BCUT2D eigenvalue weighted by atomic mass is 9.99. The smallest absolute Gasteiger partial charge is 0.254 e. The van der Waals surface area contributed by atoms with Crippen LogP contribution in [-0.2, 0) is 13.6 Å². The van der Waals surface area contributed by atoms with Crippen LogP contribution in [0, 0.1) is 0 Å². The highest BCUT2D eigenvalue weighted by molar-refractivity contribution is 6.00. The fourth-order valence-electron chi connectivity index (χ4n) is 2.64. The van der Waals surface area contributed by atoms with Crippen LogP contribution < -0.4 is 0 Å². The lowest BCUT2D eigenvalue weighted by Crippen LogP contribution is -2.26. The van der Waals surface area contributed by atoms with Gasteiger partial charge in [-0.1, -0.05) is 48.5 Å². The van der Waals surface area contributed by atoms with E-state index in [0.717, 1.165) is 16.7 Å². The van der Waals surface area contributed by atoms with Gasteiger partial charge in [-0.05, 0) is 17.2 Å². The molecule has 0 N–H and O–H groups in total. The monoisotopic (exact) mass is 305 g/mol. The number of rotatable bonds is 4. The molecule has 0 saturated carbocycles. The molecule has 0 saturated heterocycles. The van der Waals surface area contributed by atoms with Crippen LogP contribution in [0.3, 0.4) is 0 Å². The second-order valence-electron chi connectivity index (χ2n) is 5.60. The lowest BCUT2D eigenvalue weighted by Gasteiger charge is -2.18. The van der Waals surface area contributed by atoms with Crippen LogP contribution in [0.2, 0.25) is 0 Å². The molecule has 0 aliphatic carbocycles. The molecule has 1 heterocycles. The van der Waals surface area contributed by atoms with Crippen LogP contribution in [0.5, 0.6) is 0 Å². The first-order valence-electron chi connectivity index (χ1n) is 7.52. The van der Waals surface area contributed by atoms with Crippen molar-refractivity contribution in [3.05, 3.63) is 78.1 Å². The van der Waals surface area contributed by atoms with Crippen molar-refractivity contribution in [3.8, 4) is 11.1 Å². The van der Waals surface area contributed by atoms with E-state index in [1.807, 2.05) is 74.9 Å². The molecule has 0 bridgehead atoms. The van der Waals surface area contributed by atoms with Crippen molar-refractivity contribution in [2.24, 2.45) is 7.05 Å². The predicted molar refractivity (Wildman–Crippen MR) is 90.9 cm³/mol. The van der Waals surface area contributed by atoms with Crippen LogP contribution in [0.15, 0.2) is 67.0 Å². The average Bonchev–Trinajstić information content (AvgIpc) is 3.00. The average molecular weight is 305 g/mol. The molecule has 116 valence electrons. The number of nitrogens with zero attached hydrogens (tertiary/aromatic N) is 3. The third kappa shape index (κ3) is 3.31. The van der Waals surface area contributed by atoms with Gasteiger partial charge in [0.1, 0.15) is 0 Å². The van der Waals surface area contributed by atoms with E-state index in [9.17, 15) is 4.79 Å². The Hall–Kier alpha value is -2.88. The van der Waals surface area contributed by atoms with E-state index in [2.05, 4.69) is 5.10 Å². The van der Waals surface area contributed by atoms with E-state index in [-0.39, 0.29) is 5.91 Å². The third-order valence-corrected chi connectivity index (χ3v) is 3.77. The summed E-state index contributed by atoms with van der Waals surface area (Å²) in [6.45, 7) is 0.537. The summed E-state index contributed by atoms with van der Waals surface area (Å²) in [6, 6.07) is 17.7. The molecular weight excluding hydrogens is 286 g/mol. The molecule has 3 rings (SSSR count). The van der Waals surface area contributed by atoms with Crippen LogP contribution in [0.4, 0.5) is 0 Å². The van der Waals surface area contributed by atoms with Gasteiger partial charge in [-0.25, -0.2) is 0 Å². The fraction of sp³-hybridized carbons (Fsp3) is 0.158. The molecule has 2 aromatic carbocycles. The predicted octanol–water partition coefficient (Wildman–Crippen LogP) is 3.36. The molecule has 0 fully saturated rings. The van der Waals surface area contributed by atoms with Gasteiger partial charge in [-0.3, -0.25) is 9.48 Å². The summed E-state index contributed by atoms with van der Waals surface area (Å²) < 4.78 is 1.74. The second-order valence-corrected chi connectivity index (χ2v) is 5.60. The van der Waals surface area contributed by atoms with Gasteiger partial charge in [0, 0.05) is 38.0 Å². The van der Waals surface area contributed by atoms with Gasteiger partial charge in [0.15, 0.2) is 0 Å². The van der Waals surface area contributed by atoms with Crippen LogP contribution in [-0.4, -0.2) is 27.6 Å². The maximum atomic E-state index is 12.8. The fourth-order valence-corrected chi connectivity index (χ4v) is 2.64. The van der Waals surface area contributed by atoms with Crippen LogP contribution in [0.1, 0.15) is 15.9 Å². The molecule has 0 spiro atoms. The van der Waals surface area contributed by atoms with Crippen molar-refractivity contribution in [1.29, 1.82) is 0 Å². The number of amides is 1. The van der Waals surface area contributed by atoms with E-state index in [1.54, 1.807) is 15.8 Å². The van der Waals surface area contributed by atoms with Crippen LogP contribution >= 0.6 is 0 Å². The van der Waals surface area contributed by atoms with Crippen molar-refractivity contribution >= 4 is 5.91 Å². The van der Waals surface area contributed by atoms with E-state index >= 15 is 0 Å². The summed E-state index contributed by atoms with van der Waals surface area (Å²) >= 11 is 0.